The van der Waals surface area contributed by atoms with Crippen LogP contribution in [0.2, 0.25) is 0 Å². The molecular formula is C10H14O5. The van der Waals surface area contributed by atoms with Gasteiger partial charge in [0.1, 0.15) is 12.2 Å². The molecule has 2 heterocycles. The second-order valence-electron chi connectivity index (χ2n) is 3.95. The lowest BCUT2D eigenvalue weighted by atomic mass is 10.1. The van der Waals surface area contributed by atoms with Crippen LogP contribution in [0.15, 0.2) is 12.2 Å². The summed E-state index contributed by atoms with van der Waals surface area (Å²) in [5.41, 5.74) is 0. The van der Waals surface area contributed by atoms with Crippen LogP contribution in [-0.4, -0.2) is 46.7 Å². The molecular weight excluding hydrogens is 200 g/mol. The van der Waals surface area contributed by atoms with Gasteiger partial charge in [-0.1, -0.05) is 12.2 Å². The quantitative estimate of drug-likeness (QED) is 0.319. The van der Waals surface area contributed by atoms with E-state index in [0.29, 0.717) is 0 Å². The van der Waals surface area contributed by atoms with E-state index in [1.54, 1.807) is 13.0 Å². The Morgan fingerprint density at radius 3 is 2.87 bits per heavy atom. The van der Waals surface area contributed by atoms with E-state index in [-0.39, 0.29) is 12.5 Å². The van der Waals surface area contributed by atoms with Crippen LogP contribution in [0.25, 0.3) is 0 Å². The summed E-state index contributed by atoms with van der Waals surface area (Å²) >= 11 is 0. The minimum absolute atomic E-state index is 0.217. The van der Waals surface area contributed by atoms with Gasteiger partial charge in [-0.2, -0.15) is 0 Å². The van der Waals surface area contributed by atoms with Crippen molar-refractivity contribution in [2.24, 2.45) is 0 Å². The number of fused-ring (bicyclic) bond motifs is 1. The first kappa shape index (κ1) is 10.6. The van der Waals surface area contributed by atoms with Gasteiger partial charge in [-0.3, -0.25) is 0 Å². The second-order valence-corrected chi connectivity index (χ2v) is 3.95. The number of hydrogen-bond donors (Lipinski definition) is 2. The lowest BCUT2D eigenvalue weighted by molar-refractivity contribution is -0.151. The van der Waals surface area contributed by atoms with Crippen LogP contribution >= 0.6 is 0 Å². The number of cyclic esters (lactones) is 1. The van der Waals surface area contributed by atoms with E-state index >= 15 is 0 Å². The molecule has 1 fully saturated rings. The number of epoxide rings is 1. The van der Waals surface area contributed by atoms with Crippen molar-refractivity contribution in [2.75, 3.05) is 0 Å². The molecule has 0 aliphatic carbocycles. The summed E-state index contributed by atoms with van der Waals surface area (Å²) in [6.07, 6.45) is 0.133. The fraction of sp³-hybridized carbons (Fsp3) is 0.700. The molecule has 0 aromatic heterocycles. The molecule has 84 valence electrons. The van der Waals surface area contributed by atoms with E-state index in [1.807, 2.05) is 0 Å². The third-order valence-electron chi connectivity index (χ3n) is 2.54. The summed E-state index contributed by atoms with van der Waals surface area (Å²) in [4.78, 5) is 11.3. The summed E-state index contributed by atoms with van der Waals surface area (Å²) in [5.74, 6) is -0.402. The molecule has 0 unspecified atom stereocenters. The highest BCUT2D eigenvalue weighted by atomic mass is 16.6. The Labute approximate surface area is 87.3 Å². The van der Waals surface area contributed by atoms with Gasteiger partial charge >= 0.3 is 5.97 Å². The van der Waals surface area contributed by atoms with E-state index in [4.69, 9.17) is 9.47 Å². The lowest BCUT2D eigenvalue weighted by Crippen LogP contribution is -2.31. The SMILES string of the molecule is C[C@@H]1C[C@@H](O)[C@@H](O)/C=C\[C@@H]2O[C@@H]2C(=O)O1. The zero-order valence-corrected chi connectivity index (χ0v) is 8.37. The van der Waals surface area contributed by atoms with Crippen molar-refractivity contribution < 1.29 is 24.5 Å². The highest BCUT2D eigenvalue weighted by Gasteiger charge is 2.45. The Morgan fingerprint density at radius 1 is 1.40 bits per heavy atom. The third-order valence-corrected chi connectivity index (χ3v) is 2.54. The van der Waals surface area contributed by atoms with Crippen molar-refractivity contribution in [3.63, 3.8) is 0 Å². The predicted molar refractivity (Wildman–Crippen MR) is 50.0 cm³/mol. The van der Waals surface area contributed by atoms with Gasteiger partial charge in [-0.05, 0) is 6.92 Å². The average Bonchev–Trinajstić information content (AvgIpc) is 2.91. The van der Waals surface area contributed by atoms with E-state index in [1.165, 1.54) is 6.08 Å². The first-order chi connectivity index (χ1) is 7.08. The Morgan fingerprint density at radius 2 is 2.13 bits per heavy atom. The number of carbonyl (C=O) groups is 1. The molecule has 5 atom stereocenters. The highest BCUT2D eigenvalue weighted by molar-refractivity contribution is 5.78. The molecule has 2 N–H and O–H groups in total. The third kappa shape index (κ3) is 2.37. The normalized spacial score (nSPS) is 47.7. The molecule has 0 saturated carbocycles. The van der Waals surface area contributed by atoms with Crippen molar-refractivity contribution in [3.05, 3.63) is 12.2 Å². The lowest BCUT2D eigenvalue weighted by Gasteiger charge is -2.19. The topological polar surface area (TPSA) is 79.3 Å². The van der Waals surface area contributed by atoms with Crippen LogP contribution in [0.4, 0.5) is 0 Å². The first-order valence-corrected chi connectivity index (χ1v) is 4.98. The Bertz CT molecular complexity index is 288. The van der Waals surface area contributed by atoms with Crippen molar-refractivity contribution in [1.29, 1.82) is 0 Å². The number of aliphatic hydroxyl groups is 2. The molecule has 15 heavy (non-hydrogen) atoms. The van der Waals surface area contributed by atoms with E-state index < -0.39 is 30.4 Å². The molecule has 0 radical (unpaired) electrons. The zero-order chi connectivity index (χ0) is 11.0. The molecule has 2 rings (SSSR count). The molecule has 0 spiro atoms. The molecule has 2 aliphatic rings. The molecule has 5 heteroatoms. The molecule has 0 amide bonds. The van der Waals surface area contributed by atoms with Gasteiger partial charge in [0.05, 0.1) is 12.2 Å². The zero-order valence-electron chi connectivity index (χ0n) is 8.37. The smallest absolute Gasteiger partial charge is 0.338 e. The van der Waals surface area contributed by atoms with Crippen LogP contribution < -0.4 is 0 Å². The number of ether oxygens (including phenoxy) is 2. The molecule has 0 bridgehead atoms. The summed E-state index contributed by atoms with van der Waals surface area (Å²) < 4.78 is 10.1. The van der Waals surface area contributed by atoms with Gasteiger partial charge in [-0.15, -0.1) is 0 Å². The van der Waals surface area contributed by atoms with Crippen LogP contribution in [-0.2, 0) is 14.3 Å². The minimum atomic E-state index is -0.936. The average molecular weight is 214 g/mol. The fourth-order valence-corrected chi connectivity index (χ4v) is 1.60. The van der Waals surface area contributed by atoms with Gasteiger partial charge in [-0.25, -0.2) is 4.79 Å². The number of hydrogen-bond acceptors (Lipinski definition) is 5. The van der Waals surface area contributed by atoms with Crippen molar-refractivity contribution in [1.82, 2.24) is 0 Å². The van der Waals surface area contributed by atoms with Crippen LogP contribution in [0.5, 0.6) is 0 Å². The standard InChI is InChI=1S/C10H14O5/c1-5-4-7(12)6(11)2-3-8-9(15-8)10(13)14-5/h2-3,5-9,11-12H,4H2,1H3/b3-2-/t5-,6+,7-,8+,9+/m1/s1. The number of rotatable bonds is 0. The predicted octanol–water partition coefficient (Wildman–Crippen LogP) is -0.633. The summed E-state index contributed by atoms with van der Waals surface area (Å²) in [6.45, 7) is 1.68. The maximum absolute atomic E-state index is 11.3. The Hall–Kier alpha value is -0.910. The highest BCUT2D eigenvalue weighted by Crippen LogP contribution is 2.27. The van der Waals surface area contributed by atoms with E-state index in [0.717, 1.165) is 0 Å². The van der Waals surface area contributed by atoms with Crippen molar-refractivity contribution in [2.45, 2.75) is 43.9 Å². The first-order valence-electron chi connectivity index (χ1n) is 4.98. The Kier molecular flexibility index (Phi) is 2.77. The van der Waals surface area contributed by atoms with Gasteiger partial charge in [0.25, 0.3) is 0 Å². The van der Waals surface area contributed by atoms with Crippen molar-refractivity contribution >= 4 is 5.97 Å². The fourth-order valence-electron chi connectivity index (χ4n) is 1.60. The van der Waals surface area contributed by atoms with Crippen LogP contribution in [0.1, 0.15) is 13.3 Å². The Balaban J connectivity index is 2.09. The molecule has 2 aliphatic heterocycles. The summed E-state index contributed by atoms with van der Waals surface area (Å²) in [7, 11) is 0. The number of carbonyl (C=O) groups excluding carboxylic acids is 1. The molecule has 0 aromatic carbocycles. The maximum Gasteiger partial charge on any atom is 0.338 e. The van der Waals surface area contributed by atoms with Gasteiger partial charge in [0, 0.05) is 6.42 Å². The molecule has 1 saturated heterocycles. The van der Waals surface area contributed by atoms with Crippen LogP contribution in [0.3, 0.4) is 0 Å². The van der Waals surface area contributed by atoms with Crippen molar-refractivity contribution in [3.8, 4) is 0 Å². The largest absolute Gasteiger partial charge is 0.461 e. The van der Waals surface area contributed by atoms with Gasteiger partial charge < -0.3 is 19.7 Å². The monoisotopic (exact) mass is 214 g/mol. The van der Waals surface area contributed by atoms with E-state index in [2.05, 4.69) is 0 Å². The van der Waals surface area contributed by atoms with Gasteiger partial charge in [0.15, 0.2) is 6.10 Å². The number of aliphatic hydroxyl groups excluding tert-OH is 2. The maximum atomic E-state index is 11.3. The molecule has 0 aromatic rings. The number of esters is 1. The second kappa shape index (κ2) is 3.92. The summed E-state index contributed by atoms with van der Waals surface area (Å²) in [5, 5.41) is 19.0. The minimum Gasteiger partial charge on any atom is -0.461 e. The molecule has 5 nitrogen and oxygen atoms in total. The summed E-state index contributed by atoms with van der Waals surface area (Å²) in [6, 6.07) is 0. The van der Waals surface area contributed by atoms with Crippen LogP contribution in [0, 0.1) is 0 Å². The van der Waals surface area contributed by atoms with E-state index in [9.17, 15) is 15.0 Å². The van der Waals surface area contributed by atoms with Gasteiger partial charge in [0.2, 0.25) is 0 Å².